The number of aromatic nitrogens is 3. The molecule has 0 radical (unpaired) electrons. The molecule has 4 heteroatoms. The molecule has 0 spiro atoms. The van der Waals surface area contributed by atoms with E-state index in [2.05, 4.69) is 10.1 Å². The SMILES string of the molecule is Cc1ccc(CN)c(-n2ncc3ccccc32)n1. The third-order valence-corrected chi connectivity index (χ3v) is 2.99. The first-order chi connectivity index (χ1) is 8.79. The Balaban J connectivity index is 2.29. The van der Waals surface area contributed by atoms with Crippen LogP contribution in [-0.4, -0.2) is 14.8 Å². The molecule has 0 saturated heterocycles. The lowest BCUT2D eigenvalue weighted by Gasteiger charge is -2.08. The topological polar surface area (TPSA) is 56.7 Å². The third kappa shape index (κ3) is 1.67. The standard InChI is InChI=1S/C14H14N4/c1-10-6-7-11(8-15)14(17-10)18-13-5-3-2-4-12(13)9-16-18/h2-7,9H,8,15H2,1H3. The number of hydrogen-bond acceptors (Lipinski definition) is 3. The molecule has 0 aliphatic rings. The Bertz CT molecular complexity index is 700. The van der Waals surface area contributed by atoms with E-state index in [1.54, 1.807) is 0 Å². The van der Waals surface area contributed by atoms with Crippen molar-refractivity contribution >= 4 is 10.9 Å². The maximum absolute atomic E-state index is 5.77. The van der Waals surface area contributed by atoms with E-state index in [0.717, 1.165) is 28.0 Å². The predicted octanol–water partition coefficient (Wildman–Crippen LogP) is 2.19. The molecule has 0 amide bonds. The summed E-state index contributed by atoms with van der Waals surface area (Å²) in [5.74, 6) is 0.818. The van der Waals surface area contributed by atoms with Crippen molar-refractivity contribution in [2.45, 2.75) is 13.5 Å². The van der Waals surface area contributed by atoms with Crippen LogP contribution in [0.5, 0.6) is 0 Å². The first-order valence-corrected chi connectivity index (χ1v) is 5.89. The summed E-state index contributed by atoms with van der Waals surface area (Å²) in [7, 11) is 0. The van der Waals surface area contributed by atoms with Gasteiger partial charge in [0.15, 0.2) is 5.82 Å². The molecule has 0 bridgehead atoms. The van der Waals surface area contributed by atoms with Crippen LogP contribution in [0.3, 0.4) is 0 Å². The molecule has 4 nitrogen and oxygen atoms in total. The maximum Gasteiger partial charge on any atom is 0.158 e. The molecule has 0 unspecified atom stereocenters. The summed E-state index contributed by atoms with van der Waals surface area (Å²) >= 11 is 0. The fraction of sp³-hybridized carbons (Fsp3) is 0.143. The molecule has 0 fully saturated rings. The fourth-order valence-corrected chi connectivity index (χ4v) is 2.06. The summed E-state index contributed by atoms with van der Waals surface area (Å²) in [6, 6.07) is 12.1. The lowest BCUT2D eigenvalue weighted by Crippen LogP contribution is -2.08. The van der Waals surface area contributed by atoms with Crippen LogP contribution in [0.1, 0.15) is 11.3 Å². The monoisotopic (exact) mass is 238 g/mol. The number of rotatable bonds is 2. The van der Waals surface area contributed by atoms with Crippen LogP contribution in [0.15, 0.2) is 42.6 Å². The largest absolute Gasteiger partial charge is 0.326 e. The number of nitrogens with zero attached hydrogens (tertiary/aromatic N) is 3. The Labute approximate surface area is 105 Å². The Hall–Kier alpha value is -2.20. The molecule has 2 heterocycles. The highest BCUT2D eigenvalue weighted by Crippen LogP contribution is 2.19. The second-order valence-corrected chi connectivity index (χ2v) is 4.25. The Morgan fingerprint density at radius 1 is 1.17 bits per heavy atom. The maximum atomic E-state index is 5.77. The average Bonchev–Trinajstić information content (AvgIpc) is 2.82. The minimum absolute atomic E-state index is 0.455. The van der Waals surface area contributed by atoms with Crippen LogP contribution in [0.2, 0.25) is 0 Å². The number of aryl methyl sites for hydroxylation is 1. The van der Waals surface area contributed by atoms with E-state index in [4.69, 9.17) is 5.73 Å². The summed E-state index contributed by atoms with van der Waals surface area (Å²) in [6.45, 7) is 2.42. The number of para-hydroxylation sites is 1. The van der Waals surface area contributed by atoms with Crippen molar-refractivity contribution in [2.24, 2.45) is 5.73 Å². The van der Waals surface area contributed by atoms with Gasteiger partial charge in [-0.15, -0.1) is 0 Å². The summed E-state index contributed by atoms with van der Waals surface area (Å²) in [5, 5.41) is 5.51. The second kappa shape index (κ2) is 4.23. The quantitative estimate of drug-likeness (QED) is 0.744. The van der Waals surface area contributed by atoms with Crippen molar-refractivity contribution < 1.29 is 0 Å². The van der Waals surface area contributed by atoms with Crippen molar-refractivity contribution in [3.8, 4) is 5.82 Å². The Kier molecular flexibility index (Phi) is 2.57. The highest BCUT2D eigenvalue weighted by atomic mass is 15.3. The van der Waals surface area contributed by atoms with Gasteiger partial charge in [-0.3, -0.25) is 0 Å². The van der Waals surface area contributed by atoms with Gasteiger partial charge in [0.2, 0.25) is 0 Å². The van der Waals surface area contributed by atoms with Gasteiger partial charge < -0.3 is 5.73 Å². The normalized spacial score (nSPS) is 11.0. The molecule has 0 saturated carbocycles. The zero-order valence-electron chi connectivity index (χ0n) is 10.2. The van der Waals surface area contributed by atoms with Crippen LogP contribution in [0, 0.1) is 6.92 Å². The minimum atomic E-state index is 0.455. The summed E-state index contributed by atoms with van der Waals surface area (Å²) in [5.41, 5.74) is 8.77. The smallest absolute Gasteiger partial charge is 0.158 e. The molecule has 2 aromatic heterocycles. The van der Waals surface area contributed by atoms with Crippen LogP contribution >= 0.6 is 0 Å². The molecule has 0 aliphatic heterocycles. The van der Waals surface area contributed by atoms with Crippen LogP contribution < -0.4 is 5.73 Å². The number of fused-ring (bicyclic) bond motifs is 1. The van der Waals surface area contributed by atoms with Gasteiger partial charge in [0.25, 0.3) is 0 Å². The van der Waals surface area contributed by atoms with Crippen molar-refractivity contribution in [2.75, 3.05) is 0 Å². The van der Waals surface area contributed by atoms with Gasteiger partial charge in [-0.25, -0.2) is 9.67 Å². The van der Waals surface area contributed by atoms with Crippen LogP contribution in [-0.2, 0) is 6.54 Å². The van der Waals surface area contributed by atoms with Gasteiger partial charge in [0.05, 0.1) is 11.7 Å². The van der Waals surface area contributed by atoms with Crippen molar-refractivity contribution in [1.29, 1.82) is 0 Å². The molecule has 90 valence electrons. The molecule has 0 atom stereocenters. The van der Waals surface area contributed by atoms with E-state index >= 15 is 0 Å². The summed E-state index contributed by atoms with van der Waals surface area (Å²) in [4.78, 5) is 4.56. The van der Waals surface area contributed by atoms with Crippen molar-refractivity contribution in [3.63, 3.8) is 0 Å². The summed E-state index contributed by atoms with van der Waals surface area (Å²) in [6.07, 6.45) is 1.85. The zero-order valence-corrected chi connectivity index (χ0v) is 10.2. The molecule has 3 rings (SSSR count). The van der Waals surface area contributed by atoms with Crippen molar-refractivity contribution in [1.82, 2.24) is 14.8 Å². The molecular weight excluding hydrogens is 224 g/mol. The highest BCUT2D eigenvalue weighted by molar-refractivity contribution is 5.80. The van der Waals surface area contributed by atoms with E-state index in [0.29, 0.717) is 6.54 Å². The first-order valence-electron chi connectivity index (χ1n) is 5.89. The molecule has 0 aliphatic carbocycles. The molecular formula is C14H14N4. The highest BCUT2D eigenvalue weighted by Gasteiger charge is 2.09. The zero-order chi connectivity index (χ0) is 12.5. The van der Waals surface area contributed by atoms with Gasteiger partial charge in [-0.05, 0) is 19.1 Å². The number of pyridine rings is 1. The van der Waals surface area contributed by atoms with E-state index in [9.17, 15) is 0 Å². The molecule has 18 heavy (non-hydrogen) atoms. The minimum Gasteiger partial charge on any atom is -0.326 e. The first kappa shape index (κ1) is 10.9. The fourth-order valence-electron chi connectivity index (χ4n) is 2.06. The predicted molar refractivity (Wildman–Crippen MR) is 71.5 cm³/mol. The van der Waals surface area contributed by atoms with E-state index in [1.165, 1.54) is 0 Å². The van der Waals surface area contributed by atoms with Gasteiger partial charge >= 0.3 is 0 Å². The second-order valence-electron chi connectivity index (χ2n) is 4.25. The number of nitrogens with two attached hydrogens (primary N) is 1. The number of benzene rings is 1. The van der Waals surface area contributed by atoms with Crippen molar-refractivity contribution in [3.05, 3.63) is 53.9 Å². The Morgan fingerprint density at radius 3 is 2.83 bits per heavy atom. The lowest BCUT2D eigenvalue weighted by atomic mass is 10.2. The van der Waals surface area contributed by atoms with E-state index in [-0.39, 0.29) is 0 Å². The van der Waals surface area contributed by atoms with Crippen LogP contribution in [0.4, 0.5) is 0 Å². The average molecular weight is 238 g/mol. The van der Waals surface area contributed by atoms with Gasteiger partial charge in [-0.1, -0.05) is 24.3 Å². The molecule has 1 aromatic carbocycles. The van der Waals surface area contributed by atoms with E-state index < -0.39 is 0 Å². The molecule has 2 N–H and O–H groups in total. The van der Waals surface area contributed by atoms with Gasteiger partial charge in [0, 0.05) is 23.2 Å². The lowest BCUT2D eigenvalue weighted by molar-refractivity contribution is 0.841. The van der Waals surface area contributed by atoms with Crippen LogP contribution in [0.25, 0.3) is 16.7 Å². The van der Waals surface area contributed by atoms with Gasteiger partial charge in [0.1, 0.15) is 0 Å². The van der Waals surface area contributed by atoms with Gasteiger partial charge in [-0.2, -0.15) is 5.10 Å². The molecule has 3 aromatic rings. The third-order valence-electron chi connectivity index (χ3n) is 2.99. The Morgan fingerprint density at radius 2 is 2.00 bits per heavy atom. The number of hydrogen-bond donors (Lipinski definition) is 1. The summed E-state index contributed by atoms with van der Waals surface area (Å²) < 4.78 is 1.85. The van der Waals surface area contributed by atoms with E-state index in [1.807, 2.05) is 54.2 Å².